The van der Waals surface area contributed by atoms with Gasteiger partial charge in [0.1, 0.15) is 13.1 Å². The first kappa shape index (κ1) is 8.83. The molecule has 10 heavy (non-hydrogen) atoms. The fourth-order valence-electron chi connectivity index (χ4n) is 0.349. The minimum Gasteiger partial charge on any atom is -0.480 e. The first-order valence-corrected chi connectivity index (χ1v) is 2.36. The predicted octanol–water partition coefficient (Wildman–Crippen LogP) is -0.658. The van der Waals surface area contributed by atoms with Crippen molar-refractivity contribution in [3.63, 3.8) is 0 Å². The van der Waals surface area contributed by atoms with Crippen LogP contribution in [-0.2, 0) is 9.59 Å². The lowest BCUT2D eigenvalue weighted by Crippen LogP contribution is -2.27. The first-order chi connectivity index (χ1) is 4.52. The fraction of sp³-hybridized carbons (Fsp3) is 0.500. The van der Waals surface area contributed by atoms with Crippen molar-refractivity contribution in [2.75, 3.05) is 13.1 Å². The van der Waals surface area contributed by atoms with E-state index in [1.165, 1.54) is 0 Å². The van der Waals surface area contributed by atoms with Gasteiger partial charge in [0.25, 0.3) is 0 Å². The molecule has 0 fully saturated rings. The Morgan fingerprint density at radius 2 is 1.50 bits per heavy atom. The number of carbonyl (C=O) groups is 2. The van der Waals surface area contributed by atoms with Crippen LogP contribution in [0.4, 0.5) is 4.48 Å². The lowest BCUT2D eigenvalue weighted by Gasteiger charge is -2.03. The Balaban J connectivity index is 3.53. The molecule has 0 heterocycles. The van der Waals surface area contributed by atoms with E-state index in [0.717, 1.165) is 0 Å². The van der Waals surface area contributed by atoms with Gasteiger partial charge < -0.3 is 10.2 Å². The molecule has 0 bridgehead atoms. The highest BCUT2D eigenvalue weighted by molar-refractivity contribution is 5.72. The Morgan fingerprint density at radius 1 is 1.20 bits per heavy atom. The Bertz CT molecular complexity index is 132. The zero-order valence-corrected chi connectivity index (χ0v) is 4.95. The van der Waals surface area contributed by atoms with Crippen molar-refractivity contribution < 1.29 is 24.3 Å². The largest absolute Gasteiger partial charge is 0.480 e. The number of carboxylic acid groups (broad SMARTS) is 2. The highest BCUT2D eigenvalue weighted by Crippen LogP contribution is 1.86. The second-order valence-corrected chi connectivity index (χ2v) is 1.57. The molecule has 0 spiro atoms. The van der Waals surface area contributed by atoms with Gasteiger partial charge in [-0.15, -0.1) is 9.60 Å². The van der Waals surface area contributed by atoms with Crippen molar-refractivity contribution in [3.05, 3.63) is 0 Å². The maximum absolute atomic E-state index is 12.0. The molecule has 0 aliphatic rings. The van der Waals surface area contributed by atoms with Gasteiger partial charge in [-0.2, -0.15) is 0 Å². The molecule has 5 nitrogen and oxygen atoms in total. The van der Waals surface area contributed by atoms with Crippen LogP contribution in [0.2, 0.25) is 0 Å². The van der Waals surface area contributed by atoms with Crippen LogP contribution in [0.25, 0.3) is 0 Å². The van der Waals surface area contributed by atoms with Gasteiger partial charge in [-0.05, 0) is 0 Å². The lowest BCUT2D eigenvalue weighted by molar-refractivity contribution is -0.149. The molecule has 0 aliphatic heterocycles. The maximum atomic E-state index is 12.0. The monoisotopic (exact) mass is 151 g/mol. The molecular weight excluding hydrogens is 145 g/mol. The van der Waals surface area contributed by atoms with Crippen molar-refractivity contribution in [2.24, 2.45) is 0 Å². The molecule has 0 aromatic rings. The maximum Gasteiger partial charge on any atom is 0.320 e. The van der Waals surface area contributed by atoms with E-state index in [9.17, 15) is 14.1 Å². The molecule has 58 valence electrons. The minimum atomic E-state index is -1.40. The van der Waals surface area contributed by atoms with Crippen LogP contribution in [0.5, 0.6) is 0 Å². The first-order valence-electron chi connectivity index (χ1n) is 2.36. The smallest absolute Gasteiger partial charge is 0.320 e. The summed E-state index contributed by atoms with van der Waals surface area (Å²) >= 11 is 0. The molecule has 0 atom stereocenters. The standard InChI is InChI=1S/C4H6FNO4/c5-6(1-3(7)8)2-4(9)10/h1-2H2,(H,7,8)(H,9,10). The lowest BCUT2D eigenvalue weighted by atomic mass is 10.6. The molecule has 0 rings (SSSR count). The molecule has 0 aromatic heterocycles. The van der Waals surface area contributed by atoms with E-state index in [1.807, 2.05) is 0 Å². The van der Waals surface area contributed by atoms with Crippen LogP contribution in [0.1, 0.15) is 0 Å². The van der Waals surface area contributed by atoms with E-state index in [0.29, 0.717) is 0 Å². The second-order valence-electron chi connectivity index (χ2n) is 1.57. The Hall–Kier alpha value is -1.17. The van der Waals surface area contributed by atoms with Gasteiger partial charge in [0, 0.05) is 0 Å². The summed E-state index contributed by atoms with van der Waals surface area (Å²) in [7, 11) is 0. The zero-order valence-electron chi connectivity index (χ0n) is 4.95. The number of carboxylic acids is 2. The van der Waals surface area contributed by atoms with Crippen LogP contribution < -0.4 is 0 Å². The second kappa shape index (κ2) is 3.78. The predicted molar refractivity (Wildman–Crippen MR) is 28.0 cm³/mol. The molecular formula is C4H6FNO4. The molecule has 0 saturated carbocycles. The number of halogens is 1. The van der Waals surface area contributed by atoms with Gasteiger partial charge >= 0.3 is 11.9 Å². The van der Waals surface area contributed by atoms with E-state index in [1.54, 1.807) is 0 Å². The molecule has 2 N–H and O–H groups in total. The highest BCUT2D eigenvalue weighted by Gasteiger charge is 2.11. The highest BCUT2D eigenvalue weighted by atomic mass is 19.2. The zero-order chi connectivity index (χ0) is 8.15. The van der Waals surface area contributed by atoms with Crippen molar-refractivity contribution >= 4 is 11.9 Å². The van der Waals surface area contributed by atoms with E-state index in [2.05, 4.69) is 0 Å². The molecule has 0 saturated heterocycles. The third-order valence-corrected chi connectivity index (χ3v) is 0.614. The third-order valence-electron chi connectivity index (χ3n) is 0.614. The molecule has 6 heteroatoms. The summed E-state index contributed by atoms with van der Waals surface area (Å²) in [5.74, 6) is -2.80. The topological polar surface area (TPSA) is 77.8 Å². The van der Waals surface area contributed by atoms with Gasteiger partial charge in [0.15, 0.2) is 0 Å². The van der Waals surface area contributed by atoms with Crippen molar-refractivity contribution in [1.29, 1.82) is 0 Å². The summed E-state index contributed by atoms with van der Waals surface area (Å²) in [4.78, 5) is 19.4. The molecule has 0 unspecified atom stereocenters. The molecule has 0 aliphatic carbocycles. The summed E-state index contributed by atoms with van der Waals surface area (Å²) in [6.45, 7) is -1.82. The summed E-state index contributed by atoms with van der Waals surface area (Å²) in [5.41, 5.74) is 0. The molecule has 0 amide bonds. The number of hydrogen-bond acceptors (Lipinski definition) is 3. The van der Waals surface area contributed by atoms with E-state index in [-0.39, 0.29) is 5.12 Å². The summed E-state index contributed by atoms with van der Waals surface area (Å²) in [5, 5.41) is 15.5. The number of nitrogens with zero attached hydrogens (tertiary/aromatic N) is 1. The van der Waals surface area contributed by atoms with Crippen LogP contribution in [0.3, 0.4) is 0 Å². The van der Waals surface area contributed by atoms with E-state index < -0.39 is 25.0 Å². The van der Waals surface area contributed by atoms with Crippen LogP contribution >= 0.6 is 0 Å². The Morgan fingerprint density at radius 3 is 1.70 bits per heavy atom. The van der Waals surface area contributed by atoms with Crippen molar-refractivity contribution in [2.45, 2.75) is 0 Å². The van der Waals surface area contributed by atoms with Gasteiger partial charge in [-0.25, -0.2) is 0 Å². The average molecular weight is 151 g/mol. The van der Waals surface area contributed by atoms with Gasteiger partial charge in [0.2, 0.25) is 0 Å². The Labute approximate surface area is 55.6 Å². The van der Waals surface area contributed by atoms with E-state index >= 15 is 0 Å². The third kappa shape index (κ3) is 4.98. The molecule has 0 radical (unpaired) electrons. The van der Waals surface area contributed by atoms with Crippen molar-refractivity contribution in [3.8, 4) is 0 Å². The summed E-state index contributed by atoms with van der Waals surface area (Å²) in [6, 6.07) is 0. The number of hydrogen-bond donors (Lipinski definition) is 2. The SMILES string of the molecule is O=C(O)CN(F)CC(=O)O. The minimum absolute atomic E-state index is 0.301. The summed E-state index contributed by atoms with van der Waals surface area (Å²) < 4.78 is 12.0. The fourth-order valence-corrected chi connectivity index (χ4v) is 0.349. The van der Waals surface area contributed by atoms with Crippen LogP contribution in [-0.4, -0.2) is 40.4 Å². The normalized spacial score (nSPS) is 9.80. The number of rotatable bonds is 4. The number of aliphatic carboxylic acids is 2. The average Bonchev–Trinajstić information content (AvgIpc) is 1.58. The van der Waals surface area contributed by atoms with Crippen LogP contribution in [0.15, 0.2) is 0 Å². The summed E-state index contributed by atoms with van der Waals surface area (Å²) in [6.07, 6.45) is 0. The van der Waals surface area contributed by atoms with E-state index in [4.69, 9.17) is 10.2 Å². The quantitative estimate of drug-likeness (QED) is 0.521. The molecule has 0 aromatic carbocycles. The van der Waals surface area contributed by atoms with Gasteiger partial charge in [-0.1, -0.05) is 0 Å². The van der Waals surface area contributed by atoms with Gasteiger partial charge in [-0.3, -0.25) is 9.59 Å². The Kier molecular flexibility index (Phi) is 3.34. The van der Waals surface area contributed by atoms with Crippen molar-refractivity contribution in [1.82, 2.24) is 5.12 Å². The van der Waals surface area contributed by atoms with Gasteiger partial charge in [0.05, 0.1) is 0 Å². The van der Waals surface area contributed by atoms with Crippen LogP contribution in [0, 0.1) is 0 Å².